The summed E-state index contributed by atoms with van der Waals surface area (Å²) in [7, 11) is 1.34. The number of benzene rings is 2. The Balaban J connectivity index is 2.43. The maximum atomic E-state index is 11.4. The van der Waals surface area contributed by atoms with Crippen LogP contribution in [0.25, 0.3) is 11.1 Å². The normalized spacial score (nSPS) is 10.1. The molecule has 0 bridgehead atoms. The monoisotopic (exact) mass is 269 g/mol. The van der Waals surface area contributed by atoms with Crippen molar-refractivity contribution in [2.45, 2.75) is 6.92 Å². The molecule has 0 heterocycles. The second kappa shape index (κ2) is 5.57. The van der Waals surface area contributed by atoms with Crippen LogP contribution in [0.15, 0.2) is 42.5 Å². The molecule has 1 amide bonds. The number of carbonyl (C=O) groups excluding carboxylic acids is 2. The molecular formula is C16H15NO3. The Labute approximate surface area is 117 Å². The second-order valence-electron chi connectivity index (χ2n) is 4.46. The largest absolute Gasteiger partial charge is 0.465 e. The minimum absolute atomic E-state index is 0.376. The van der Waals surface area contributed by atoms with Gasteiger partial charge in [-0.2, -0.15) is 0 Å². The van der Waals surface area contributed by atoms with E-state index >= 15 is 0 Å². The summed E-state index contributed by atoms with van der Waals surface area (Å²) < 4.78 is 4.66. The Morgan fingerprint density at radius 3 is 2.15 bits per heavy atom. The zero-order valence-electron chi connectivity index (χ0n) is 11.3. The summed E-state index contributed by atoms with van der Waals surface area (Å²) in [6.07, 6.45) is 0. The number of methoxy groups -OCH3 is 1. The van der Waals surface area contributed by atoms with Gasteiger partial charge in [0.25, 0.3) is 0 Å². The van der Waals surface area contributed by atoms with E-state index in [4.69, 9.17) is 5.73 Å². The van der Waals surface area contributed by atoms with Gasteiger partial charge >= 0.3 is 5.97 Å². The molecular weight excluding hydrogens is 254 g/mol. The molecule has 0 fully saturated rings. The fraction of sp³-hybridized carbons (Fsp3) is 0.125. The Bertz CT molecular complexity index is 660. The van der Waals surface area contributed by atoms with E-state index in [1.54, 1.807) is 24.3 Å². The lowest BCUT2D eigenvalue weighted by molar-refractivity contribution is 0.0600. The number of amides is 1. The number of esters is 1. The Kier molecular flexibility index (Phi) is 3.84. The highest BCUT2D eigenvalue weighted by atomic mass is 16.5. The first-order valence-electron chi connectivity index (χ1n) is 6.12. The van der Waals surface area contributed by atoms with Crippen molar-refractivity contribution in [3.63, 3.8) is 0 Å². The predicted molar refractivity (Wildman–Crippen MR) is 76.5 cm³/mol. The van der Waals surface area contributed by atoms with Gasteiger partial charge in [-0.25, -0.2) is 4.79 Å². The van der Waals surface area contributed by atoms with Gasteiger partial charge in [-0.15, -0.1) is 0 Å². The Morgan fingerprint density at radius 2 is 1.60 bits per heavy atom. The Morgan fingerprint density at radius 1 is 1.00 bits per heavy atom. The van der Waals surface area contributed by atoms with Gasteiger partial charge in [0.2, 0.25) is 5.91 Å². The van der Waals surface area contributed by atoms with E-state index in [-0.39, 0.29) is 5.97 Å². The molecule has 20 heavy (non-hydrogen) atoms. The first-order valence-corrected chi connectivity index (χ1v) is 6.12. The molecule has 0 aliphatic rings. The summed E-state index contributed by atoms with van der Waals surface area (Å²) in [5.74, 6) is -0.836. The SMILES string of the molecule is COC(=O)c1ccc(-c2cc(C(N)=O)ccc2C)cc1. The maximum Gasteiger partial charge on any atom is 0.337 e. The van der Waals surface area contributed by atoms with E-state index in [1.165, 1.54) is 7.11 Å². The van der Waals surface area contributed by atoms with Gasteiger partial charge in [-0.05, 0) is 47.9 Å². The second-order valence-corrected chi connectivity index (χ2v) is 4.46. The standard InChI is InChI=1S/C16H15NO3/c1-10-3-4-13(15(17)18)9-14(10)11-5-7-12(8-6-11)16(19)20-2/h3-9H,1-2H3,(H2,17,18). The average Bonchev–Trinajstić information content (AvgIpc) is 2.47. The third kappa shape index (κ3) is 2.69. The number of rotatable bonds is 3. The summed E-state index contributed by atoms with van der Waals surface area (Å²) in [6.45, 7) is 1.95. The van der Waals surface area contributed by atoms with Crippen LogP contribution in [0.5, 0.6) is 0 Å². The van der Waals surface area contributed by atoms with Gasteiger partial charge in [0.1, 0.15) is 0 Å². The van der Waals surface area contributed by atoms with Gasteiger partial charge in [0.05, 0.1) is 12.7 Å². The molecule has 0 saturated heterocycles. The smallest absolute Gasteiger partial charge is 0.337 e. The molecule has 4 nitrogen and oxygen atoms in total. The summed E-state index contributed by atoms with van der Waals surface area (Å²) in [5.41, 5.74) is 9.10. The third-order valence-electron chi connectivity index (χ3n) is 3.14. The van der Waals surface area contributed by atoms with Crippen LogP contribution in [0.3, 0.4) is 0 Å². The fourth-order valence-electron chi connectivity index (χ4n) is 1.99. The van der Waals surface area contributed by atoms with Crippen LogP contribution in [0.2, 0.25) is 0 Å². The molecule has 102 valence electrons. The molecule has 0 saturated carbocycles. The molecule has 2 N–H and O–H groups in total. The molecule has 0 aromatic heterocycles. The van der Waals surface area contributed by atoms with Crippen molar-refractivity contribution >= 4 is 11.9 Å². The van der Waals surface area contributed by atoms with Crippen molar-refractivity contribution < 1.29 is 14.3 Å². The molecule has 4 heteroatoms. The van der Waals surface area contributed by atoms with Crippen LogP contribution in [-0.2, 0) is 4.74 Å². The van der Waals surface area contributed by atoms with Gasteiger partial charge in [-0.1, -0.05) is 18.2 Å². The number of primary amides is 1. The van der Waals surface area contributed by atoms with E-state index in [2.05, 4.69) is 4.74 Å². The van der Waals surface area contributed by atoms with E-state index < -0.39 is 5.91 Å². The number of aryl methyl sites for hydroxylation is 1. The van der Waals surface area contributed by atoms with E-state index in [0.717, 1.165) is 16.7 Å². The summed E-state index contributed by atoms with van der Waals surface area (Å²) >= 11 is 0. The van der Waals surface area contributed by atoms with Crippen molar-refractivity contribution in [2.75, 3.05) is 7.11 Å². The van der Waals surface area contributed by atoms with Crippen LogP contribution in [0.1, 0.15) is 26.3 Å². The summed E-state index contributed by atoms with van der Waals surface area (Å²) in [4.78, 5) is 22.6. The first kappa shape index (κ1) is 13.8. The van der Waals surface area contributed by atoms with E-state index in [1.807, 2.05) is 25.1 Å². The molecule has 0 unspecified atom stereocenters. The Hall–Kier alpha value is -2.62. The van der Waals surface area contributed by atoms with Gasteiger partial charge in [0, 0.05) is 5.56 Å². The molecule has 0 radical (unpaired) electrons. The lowest BCUT2D eigenvalue weighted by Crippen LogP contribution is -2.10. The van der Waals surface area contributed by atoms with Gasteiger partial charge < -0.3 is 10.5 Å². The van der Waals surface area contributed by atoms with Crippen LogP contribution in [0.4, 0.5) is 0 Å². The number of nitrogens with two attached hydrogens (primary N) is 1. The maximum absolute atomic E-state index is 11.4. The molecule has 0 atom stereocenters. The molecule has 2 aromatic rings. The van der Waals surface area contributed by atoms with Crippen LogP contribution in [0, 0.1) is 6.92 Å². The zero-order chi connectivity index (χ0) is 14.7. The fourth-order valence-corrected chi connectivity index (χ4v) is 1.99. The minimum atomic E-state index is -0.461. The van der Waals surface area contributed by atoms with Crippen molar-refractivity contribution in [1.82, 2.24) is 0 Å². The molecule has 2 rings (SSSR count). The van der Waals surface area contributed by atoms with E-state index in [9.17, 15) is 9.59 Å². The lowest BCUT2D eigenvalue weighted by atomic mass is 9.97. The highest BCUT2D eigenvalue weighted by molar-refractivity contribution is 5.94. The summed E-state index contributed by atoms with van der Waals surface area (Å²) in [6, 6.07) is 12.3. The first-order chi connectivity index (χ1) is 9.52. The van der Waals surface area contributed by atoms with Gasteiger partial charge in [-0.3, -0.25) is 4.79 Å². The predicted octanol–water partition coefficient (Wildman–Crippen LogP) is 2.55. The minimum Gasteiger partial charge on any atom is -0.465 e. The van der Waals surface area contributed by atoms with Crippen molar-refractivity contribution in [3.05, 3.63) is 59.2 Å². The quantitative estimate of drug-likeness (QED) is 0.870. The lowest BCUT2D eigenvalue weighted by Gasteiger charge is -2.08. The van der Waals surface area contributed by atoms with E-state index in [0.29, 0.717) is 11.1 Å². The zero-order valence-corrected chi connectivity index (χ0v) is 11.3. The highest BCUT2D eigenvalue weighted by Crippen LogP contribution is 2.25. The van der Waals surface area contributed by atoms with Crippen LogP contribution >= 0.6 is 0 Å². The highest BCUT2D eigenvalue weighted by Gasteiger charge is 2.09. The molecule has 2 aromatic carbocycles. The van der Waals surface area contributed by atoms with Crippen molar-refractivity contribution in [1.29, 1.82) is 0 Å². The van der Waals surface area contributed by atoms with Crippen LogP contribution < -0.4 is 5.73 Å². The number of hydrogen-bond acceptors (Lipinski definition) is 3. The topological polar surface area (TPSA) is 69.4 Å². The van der Waals surface area contributed by atoms with Crippen molar-refractivity contribution in [3.8, 4) is 11.1 Å². The number of hydrogen-bond donors (Lipinski definition) is 1. The summed E-state index contributed by atoms with van der Waals surface area (Å²) in [5, 5.41) is 0. The molecule has 0 aliphatic heterocycles. The van der Waals surface area contributed by atoms with Gasteiger partial charge in [0.15, 0.2) is 0 Å². The van der Waals surface area contributed by atoms with Crippen LogP contribution in [-0.4, -0.2) is 19.0 Å². The molecule has 0 spiro atoms. The third-order valence-corrected chi connectivity index (χ3v) is 3.14. The number of carbonyl (C=O) groups is 2. The van der Waals surface area contributed by atoms with Crippen molar-refractivity contribution in [2.24, 2.45) is 5.73 Å². The average molecular weight is 269 g/mol. The molecule has 0 aliphatic carbocycles. The number of ether oxygens (including phenoxy) is 1.